The molecule has 146 valence electrons. The molecule has 1 saturated heterocycles. The maximum Gasteiger partial charge on any atom is 0.337 e. The maximum atomic E-state index is 12.6. The van der Waals surface area contributed by atoms with Gasteiger partial charge in [0.05, 0.1) is 18.6 Å². The molecule has 6 heteroatoms. The third-order valence-electron chi connectivity index (χ3n) is 4.92. The second-order valence-electron chi connectivity index (χ2n) is 7.21. The molecule has 1 fully saturated rings. The minimum Gasteiger partial charge on any atom is -0.465 e. The van der Waals surface area contributed by atoms with Crippen LogP contribution in [0.3, 0.4) is 0 Å². The Morgan fingerprint density at radius 2 is 1.86 bits per heavy atom. The lowest BCUT2D eigenvalue weighted by Crippen LogP contribution is -2.28. The Hall–Kier alpha value is -3.15. The van der Waals surface area contributed by atoms with Crippen molar-refractivity contribution >= 4 is 29.2 Å². The monoisotopic (exact) mass is 380 g/mol. The number of hydrogen-bond donors (Lipinski definition) is 1. The second kappa shape index (κ2) is 8.25. The van der Waals surface area contributed by atoms with Gasteiger partial charge in [-0.3, -0.25) is 9.59 Å². The van der Waals surface area contributed by atoms with E-state index in [1.807, 2.05) is 24.3 Å². The van der Waals surface area contributed by atoms with Crippen molar-refractivity contribution in [1.82, 2.24) is 0 Å². The third kappa shape index (κ3) is 4.22. The van der Waals surface area contributed by atoms with Gasteiger partial charge in [-0.1, -0.05) is 32.0 Å². The first-order valence-corrected chi connectivity index (χ1v) is 9.28. The fourth-order valence-electron chi connectivity index (χ4n) is 3.25. The summed E-state index contributed by atoms with van der Waals surface area (Å²) in [7, 11) is 1.31. The number of methoxy groups -OCH3 is 1. The molecule has 0 spiro atoms. The van der Waals surface area contributed by atoms with Gasteiger partial charge in [0, 0.05) is 24.3 Å². The number of ether oxygens (including phenoxy) is 1. The Balaban J connectivity index is 1.68. The molecule has 6 nitrogen and oxygen atoms in total. The number of esters is 1. The van der Waals surface area contributed by atoms with Crippen LogP contribution in [0, 0.1) is 5.92 Å². The van der Waals surface area contributed by atoms with Gasteiger partial charge in [-0.25, -0.2) is 4.79 Å². The van der Waals surface area contributed by atoms with Crippen LogP contribution in [0.15, 0.2) is 48.5 Å². The smallest absolute Gasteiger partial charge is 0.337 e. The molecule has 0 saturated carbocycles. The number of anilines is 2. The number of benzene rings is 2. The fraction of sp³-hybridized carbons (Fsp3) is 0.318. The number of hydrogen-bond acceptors (Lipinski definition) is 4. The highest BCUT2D eigenvalue weighted by molar-refractivity contribution is 6.04. The number of amides is 2. The lowest BCUT2D eigenvalue weighted by Gasteiger charge is -2.17. The summed E-state index contributed by atoms with van der Waals surface area (Å²) in [6, 6.07) is 14.4. The normalized spacial score (nSPS) is 16.4. The van der Waals surface area contributed by atoms with Crippen molar-refractivity contribution in [2.75, 3.05) is 23.9 Å². The number of nitrogens with one attached hydrogen (secondary N) is 1. The zero-order valence-corrected chi connectivity index (χ0v) is 16.3. The van der Waals surface area contributed by atoms with Crippen LogP contribution in [0.4, 0.5) is 11.4 Å². The predicted octanol–water partition coefficient (Wildman–Crippen LogP) is 3.59. The number of carbonyl (C=O) groups is 3. The van der Waals surface area contributed by atoms with Crippen LogP contribution in [0.5, 0.6) is 0 Å². The number of carbonyl (C=O) groups excluding carboxylic acids is 3. The van der Waals surface area contributed by atoms with Crippen LogP contribution in [-0.4, -0.2) is 31.4 Å². The molecule has 1 atom stereocenters. The van der Waals surface area contributed by atoms with E-state index in [1.54, 1.807) is 29.2 Å². The van der Waals surface area contributed by atoms with Crippen molar-refractivity contribution in [3.63, 3.8) is 0 Å². The SMILES string of the molecule is COC(=O)c1cccc(N2CC(C(=O)Nc3ccc(C(C)C)cc3)CC2=O)c1. The average Bonchev–Trinajstić information content (AvgIpc) is 3.09. The van der Waals surface area contributed by atoms with Gasteiger partial charge in [0.1, 0.15) is 0 Å². The molecule has 2 amide bonds. The molecular formula is C22H24N2O4. The first-order valence-electron chi connectivity index (χ1n) is 9.28. The van der Waals surface area contributed by atoms with E-state index in [-0.39, 0.29) is 24.8 Å². The van der Waals surface area contributed by atoms with Crippen molar-refractivity contribution in [3.05, 3.63) is 59.7 Å². The molecule has 1 N–H and O–H groups in total. The Morgan fingerprint density at radius 1 is 1.14 bits per heavy atom. The summed E-state index contributed by atoms with van der Waals surface area (Å²) in [6.45, 7) is 4.50. The van der Waals surface area contributed by atoms with Crippen LogP contribution in [0.1, 0.15) is 42.1 Å². The second-order valence-corrected chi connectivity index (χ2v) is 7.21. The van der Waals surface area contributed by atoms with Gasteiger partial charge in [-0.15, -0.1) is 0 Å². The molecule has 28 heavy (non-hydrogen) atoms. The van der Waals surface area contributed by atoms with Crippen LogP contribution < -0.4 is 10.2 Å². The van der Waals surface area contributed by atoms with E-state index in [4.69, 9.17) is 4.74 Å². The standard InChI is InChI=1S/C22H24N2O4/c1-14(2)15-7-9-18(10-8-15)23-21(26)17-12-20(25)24(13-17)19-6-4-5-16(11-19)22(27)28-3/h4-11,14,17H,12-13H2,1-3H3,(H,23,26). The van der Waals surface area contributed by atoms with Crippen LogP contribution in [-0.2, 0) is 14.3 Å². The molecule has 2 aromatic carbocycles. The van der Waals surface area contributed by atoms with E-state index in [9.17, 15) is 14.4 Å². The highest BCUT2D eigenvalue weighted by atomic mass is 16.5. The lowest BCUT2D eigenvalue weighted by atomic mass is 10.0. The molecule has 1 aliphatic rings. The zero-order valence-electron chi connectivity index (χ0n) is 16.3. The third-order valence-corrected chi connectivity index (χ3v) is 4.92. The topological polar surface area (TPSA) is 75.7 Å². The van der Waals surface area contributed by atoms with E-state index >= 15 is 0 Å². The summed E-state index contributed by atoms with van der Waals surface area (Å²) in [5.41, 5.74) is 2.87. The van der Waals surface area contributed by atoms with Gasteiger partial charge in [-0.05, 0) is 41.8 Å². The highest BCUT2D eigenvalue weighted by Crippen LogP contribution is 2.27. The first kappa shape index (κ1) is 19.6. The Morgan fingerprint density at radius 3 is 2.50 bits per heavy atom. The Bertz CT molecular complexity index is 890. The molecule has 2 aromatic rings. The zero-order chi connectivity index (χ0) is 20.3. The summed E-state index contributed by atoms with van der Waals surface area (Å²) in [5.74, 6) is -0.812. The van der Waals surface area contributed by atoms with E-state index in [0.717, 1.165) is 0 Å². The molecule has 0 aliphatic carbocycles. The summed E-state index contributed by atoms with van der Waals surface area (Å²) >= 11 is 0. The summed E-state index contributed by atoms with van der Waals surface area (Å²) < 4.78 is 4.72. The summed E-state index contributed by atoms with van der Waals surface area (Å²) in [5, 5.41) is 2.89. The molecular weight excluding hydrogens is 356 g/mol. The quantitative estimate of drug-likeness (QED) is 0.805. The molecule has 1 aliphatic heterocycles. The molecule has 0 aromatic heterocycles. The van der Waals surface area contributed by atoms with Crippen molar-refractivity contribution in [2.45, 2.75) is 26.2 Å². The van der Waals surface area contributed by atoms with Crippen LogP contribution in [0.2, 0.25) is 0 Å². The number of nitrogens with zero attached hydrogens (tertiary/aromatic N) is 1. The van der Waals surface area contributed by atoms with Crippen molar-refractivity contribution in [2.24, 2.45) is 5.92 Å². The van der Waals surface area contributed by atoms with Crippen molar-refractivity contribution < 1.29 is 19.1 Å². The predicted molar refractivity (Wildman–Crippen MR) is 107 cm³/mol. The minimum absolute atomic E-state index is 0.137. The van der Waals surface area contributed by atoms with Gasteiger partial charge in [0.15, 0.2) is 0 Å². The Kier molecular flexibility index (Phi) is 5.78. The highest BCUT2D eigenvalue weighted by Gasteiger charge is 2.35. The first-order chi connectivity index (χ1) is 13.4. The minimum atomic E-state index is -0.465. The van der Waals surface area contributed by atoms with Crippen molar-refractivity contribution in [3.8, 4) is 0 Å². The van der Waals surface area contributed by atoms with Gasteiger partial charge in [0.25, 0.3) is 0 Å². The van der Waals surface area contributed by atoms with E-state index < -0.39 is 11.9 Å². The average molecular weight is 380 g/mol. The fourth-order valence-corrected chi connectivity index (χ4v) is 3.25. The van der Waals surface area contributed by atoms with Gasteiger partial charge in [0.2, 0.25) is 11.8 Å². The molecule has 0 radical (unpaired) electrons. The van der Waals surface area contributed by atoms with Gasteiger partial charge >= 0.3 is 5.97 Å². The van der Waals surface area contributed by atoms with E-state index in [0.29, 0.717) is 22.9 Å². The number of rotatable bonds is 5. The van der Waals surface area contributed by atoms with Crippen molar-refractivity contribution in [1.29, 1.82) is 0 Å². The van der Waals surface area contributed by atoms with E-state index in [2.05, 4.69) is 19.2 Å². The Labute approximate surface area is 164 Å². The summed E-state index contributed by atoms with van der Waals surface area (Å²) in [6.07, 6.45) is 0.137. The van der Waals surface area contributed by atoms with Crippen LogP contribution in [0.25, 0.3) is 0 Å². The van der Waals surface area contributed by atoms with Gasteiger partial charge in [-0.2, -0.15) is 0 Å². The maximum absolute atomic E-state index is 12.6. The molecule has 1 heterocycles. The van der Waals surface area contributed by atoms with Gasteiger partial charge < -0.3 is 15.0 Å². The lowest BCUT2D eigenvalue weighted by molar-refractivity contribution is -0.122. The largest absolute Gasteiger partial charge is 0.465 e. The molecule has 3 rings (SSSR count). The van der Waals surface area contributed by atoms with E-state index in [1.165, 1.54) is 12.7 Å². The summed E-state index contributed by atoms with van der Waals surface area (Å²) in [4.78, 5) is 38.3. The molecule has 0 bridgehead atoms. The molecule has 1 unspecified atom stereocenters. The van der Waals surface area contributed by atoms with Crippen LogP contribution >= 0.6 is 0 Å².